The second-order valence-electron chi connectivity index (χ2n) is 6.04. The Morgan fingerprint density at radius 2 is 1.14 bits per heavy atom. The summed E-state index contributed by atoms with van der Waals surface area (Å²) in [6.45, 7) is 0. The quantitative estimate of drug-likeness (QED) is 0.436. The van der Waals surface area contributed by atoms with Crippen LogP contribution in [0.2, 0.25) is 0 Å². The number of rotatable bonds is 2. The predicted octanol–water partition coefficient (Wildman–Crippen LogP) is 5.62. The molecule has 146 valence electrons. The fourth-order valence-electron chi connectivity index (χ4n) is 2.78. The molecule has 3 nitrogen and oxygen atoms in total. The number of anilines is 2. The molecule has 9 heteroatoms. The van der Waals surface area contributed by atoms with E-state index in [2.05, 4.69) is 4.98 Å². The number of alkyl halides is 6. The third-order valence-corrected chi connectivity index (χ3v) is 4.05. The molecule has 3 aromatic rings. The third-order valence-electron chi connectivity index (χ3n) is 4.05. The Hall–Kier alpha value is -3.23. The molecule has 0 atom stereocenters. The second-order valence-corrected chi connectivity index (χ2v) is 6.04. The molecule has 0 radical (unpaired) electrons. The summed E-state index contributed by atoms with van der Waals surface area (Å²) in [5, 5.41) is 0. The molecule has 0 aliphatic carbocycles. The highest BCUT2D eigenvalue weighted by atomic mass is 19.4. The first kappa shape index (κ1) is 19.5. The van der Waals surface area contributed by atoms with E-state index in [1.54, 1.807) is 0 Å². The fraction of sp³-hybridized carbons (Fsp3) is 0.105. The van der Waals surface area contributed by atoms with Crippen LogP contribution in [0, 0.1) is 0 Å². The van der Waals surface area contributed by atoms with Gasteiger partial charge in [-0.1, -0.05) is 18.2 Å². The van der Waals surface area contributed by atoms with E-state index in [1.807, 2.05) is 0 Å². The normalized spacial score (nSPS) is 12.2. The number of hydrogen-bond donors (Lipinski definition) is 2. The molecule has 3 rings (SSSR count). The van der Waals surface area contributed by atoms with Gasteiger partial charge in [-0.15, -0.1) is 0 Å². The van der Waals surface area contributed by atoms with Gasteiger partial charge in [-0.3, -0.25) is 4.98 Å². The molecule has 0 saturated heterocycles. The molecule has 0 amide bonds. The van der Waals surface area contributed by atoms with Crippen LogP contribution in [0.1, 0.15) is 11.1 Å². The highest BCUT2D eigenvalue weighted by Gasteiger charge is 2.35. The van der Waals surface area contributed by atoms with Crippen LogP contribution in [0.4, 0.5) is 37.7 Å². The summed E-state index contributed by atoms with van der Waals surface area (Å²) in [5.74, 6) is 0. The van der Waals surface area contributed by atoms with Crippen molar-refractivity contribution in [3.05, 3.63) is 65.9 Å². The minimum Gasteiger partial charge on any atom is -0.399 e. The molecule has 28 heavy (non-hydrogen) atoms. The maximum atomic E-state index is 13.3. The average molecular weight is 397 g/mol. The van der Waals surface area contributed by atoms with Gasteiger partial charge >= 0.3 is 12.4 Å². The van der Waals surface area contributed by atoms with Gasteiger partial charge in [-0.05, 0) is 35.9 Å². The molecule has 0 fully saturated rings. The number of hydrogen-bond acceptors (Lipinski definition) is 3. The van der Waals surface area contributed by atoms with Gasteiger partial charge in [0.15, 0.2) is 0 Å². The SMILES string of the molecule is Nc1ccc(-c2ccc(-c3ccc(N)cc3C(F)(F)F)nc2)c(C(F)(F)F)c1. The number of benzene rings is 2. The first-order valence-corrected chi connectivity index (χ1v) is 7.87. The molecule has 0 aliphatic heterocycles. The summed E-state index contributed by atoms with van der Waals surface area (Å²) in [4.78, 5) is 3.94. The van der Waals surface area contributed by atoms with Crippen molar-refractivity contribution in [3.8, 4) is 22.4 Å². The van der Waals surface area contributed by atoms with Gasteiger partial charge in [0.2, 0.25) is 0 Å². The topological polar surface area (TPSA) is 64.9 Å². The maximum Gasteiger partial charge on any atom is 0.417 e. The zero-order chi connectivity index (χ0) is 20.7. The molecule has 0 aliphatic rings. The summed E-state index contributed by atoms with van der Waals surface area (Å²) in [6, 6.07) is 9.05. The number of nitrogen functional groups attached to an aromatic ring is 2. The van der Waals surface area contributed by atoms with Gasteiger partial charge in [-0.25, -0.2) is 0 Å². The summed E-state index contributed by atoms with van der Waals surface area (Å²) in [6.07, 6.45) is -8.22. The monoisotopic (exact) mass is 397 g/mol. The molecule has 0 unspecified atom stereocenters. The van der Waals surface area contributed by atoms with Crippen LogP contribution in [-0.4, -0.2) is 4.98 Å². The second kappa shape index (κ2) is 6.74. The van der Waals surface area contributed by atoms with E-state index in [1.165, 1.54) is 36.4 Å². The van der Waals surface area contributed by atoms with Crippen molar-refractivity contribution < 1.29 is 26.3 Å². The Morgan fingerprint density at radius 1 is 0.643 bits per heavy atom. The Morgan fingerprint density at radius 3 is 1.61 bits per heavy atom. The van der Waals surface area contributed by atoms with Gasteiger partial charge in [0.1, 0.15) is 0 Å². The van der Waals surface area contributed by atoms with Crippen molar-refractivity contribution in [1.29, 1.82) is 0 Å². The van der Waals surface area contributed by atoms with E-state index in [9.17, 15) is 26.3 Å². The Bertz CT molecular complexity index is 925. The number of pyridine rings is 1. The number of nitrogens with two attached hydrogens (primary N) is 2. The predicted molar refractivity (Wildman–Crippen MR) is 93.9 cm³/mol. The number of aromatic nitrogens is 1. The highest BCUT2D eigenvalue weighted by Crippen LogP contribution is 2.40. The van der Waals surface area contributed by atoms with Crippen molar-refractivity contribution in [2.75, 3.05) is 11.5 Å². The van der Waals surface area contributed by atoms with E-state index in [4.69, 9.17) is 11.5 Å². The zero-order valence-electron chi connectivity index (χ0n) is 14.1. The smallest absolute Gasteiger partial charge is 0.399 e. The molecule has 0 spiro atoms. The van der Waals surface area contributed by atoms with Gasteiger partial charge in [0.05, 0.1) is 16.8 Å². The van der Waals surface area contributed by atoms with Crippen LogP contribution < -0.4 is 11.5 Å². The Balaban J connectivity index is 2.08. The van der Waals surface area contributed by atoms with Crippen molar-refractivity contribution in [2.45, 2.75) is 12.4 Å². The fourth-order valence-corrected chi connectivity index (χ4v) is 2.78. The molecule has 2 aromatic carbocycles. The van der Waals surface area contributed by atoms with Gasteiger partial charge in [-0.2, -0.15) is 26.3 Å². The first-order valence-electron chi connectivity index (χ1n) is 7.87. The minimum atomic E-state index is -4.66. The Kier molecular flexibility index (Phi) is 4.70. The lowest BCUT2D eigenvalue weighted by atomic mass is 9.98. The minimum absolute atomic E-state index is 0.0416. The van der Waals surface area contributed by atoms with Crippen molar-refractivity contribution in [1.82, 2.24) is 4.98 Å². The van der Waals surface area contributed by atoms with Crippen LogP contribution >= 0.6 is 0 Å². The van der Waals surface area contributed by atoms with E-state index < -0.39 is 23.5 Å². The van der Waals surface area contributed by atoms with Crippen LogP contribution in [0.25, 0.3) is 22.4 Å². The van der Waals surface area contributed by atoms with E-state index in [0.717, 1.165) is 18.3 Å². The van der Waals surface area contributed by atoms with Gasteiger partial charge in [0.25, 0.3) is 0 Å². The van der Waals surface area contributed by atoms with E-state index >= 15 is 0 Å². The maximum absolute atomic E-state index is 13.3. The van der Waals surface area contributed by atoms with Crippen molar-refractivity contribution in [2.24, 2.45) is 0 Å². The summed E-state index contributed by atoms with van der Waals surface area (Å²) in [7, 11) is 0. The standard InChI is InChI=1S/C19H13F6N3/c20-18(21,22)15-7-11(26)2-4-13(15)10-1-6-17(28-9-10)14-5-3-12(27)8-16(14)19(23,24)25/h1-9H,26-27H2. The lowest BCUT2D eigenvalue weighted by molar-refractivity contribution is -0.137. The summed E-state index contributed by atoms with van der Waals surface area (Å²) < 4.78 is 79.6. The highest BCUT2D eigenvalue weighted by molar-refractivity contribution is 5.73. The molecule has 4 N–H and O–H groups in total. The van der Waals surface area contributed by atoms with Gasteiger partial charge < -0.3 is 11.5 Å². The van der Waals surface area contributed by atoms with Gasteiger partial charge in [0, 0.05) is 28.7 Å². The molecular formula is C19H13F6N3. The molecule has 0 bridgehead atoms. The zero-order valence-corrected chi connectivity index (χ0v) is 14.1. The van der Waals surface area contributed by atoms with Crippen LogP contribution in [0.3, 0.4) is 0 Å². The largest absolute Gasteiger partial charge is 0.417 e. The number of halogens is 6. The lowest BCUT2D eigenvalue weighted by Gasteiger charge is -2.15. The average Bonchev–Trinajstić information content (AvgIpc) is 2.60. The lowest BCUT2D eigenvalue weighted by Crippen LogP contribution is -2.09. The molecule has 1 heterocycles. The molecule has 1 aromatic heterocycles. The molecule has 0 saturated carbocycles. The molecular weight excluding hydrogens is 384 g/mol. The third kappa shape index (κ3) is 3.88. The van der Waals surface area contributed by atoms with E-state index in [0.29, 0.717) is 0 Å². The van der Waals surface area contributed by atoms with E-state index in [-0.39, 0.29) is 33.8 Å². The van der Waals surface area contributed by atoms with Crippen LogP contribution in [0.5, 0.6) is 0 Å². The summed E-state index contributed by atoms with van der Waals surface area (Å²) >= 11 is 0. The van der Waals surface area contributed by atoms with Crippen molar-refractivity contribution >= 4 is 11.4 Å². The van der Waals surface area contributed by atoms with Crippen LogP contribution in [0.15, 0.2) is 54.7 Å². The van der Waals surface area contributed by atoms with Crippen molar-refractivity contribution in [3.63, 3.8) is 0 Å². The Labute approximate surface area is 155 Å². The van der Waals surface area contributed by atoms with Crippen LogP contribution in [-0.2, 0) is 12.4 Å². The first-order chi connectivity index (χ1) is 13.0. The summed E-state index contributed by atoms with van der Waals surface area (Å²) in [5.41, 5.74) is 8.48. The number of nitrogens with zero attached hydrogens (tertiary/aromatic N) is 1.